The van der Waals surface area contributed by atoms with Crippen molar-refractivity contribution in [3.8, 4) is 0 Å². The molecular weight excluding hydrogens is 231 g/mol. The standard InChI is InChI=1S/C14H19FN2O/c15-14-4-1-10(6-16)5-11(14)7-17-8-12-2-3-13(9-17)18-12/h1,4-5,12-13H,2-3,6-9,16H2. The fourth-order valence-corrected chi connectivity index (χ4v) is 2.95. The Morgan fingerprint density at radius 1 is 1.28 bits per heavy atom. The maximum atomic E-state index is 13.8. The molecule has 1 aromatic rings. The molecule has 2 saturated heterocycles. The summed E-state index contributed by atoms with van der Waals surface area (Å²) in [5, 5.41) is 0. The first kappa shape index (κ1) is 12.1. The largest absolute Gasteiger partial charge is 0.372 e. The average Bonchev–Trinajstić information content (AvgIpc) is 2.71. The van der Waals surface area contributed by atoms with Crippen molar-refractivity contribution in [2.75, 3.05) is 13.1 Å². The highest BCUT2D eigenvalue weighted by Crippen LogP contribution is 2.27. The van der Waals surface area contributed by atoms with Gasteiger partial charge < -0.3 is 10.5 Å². The van der Waals surface area contributed by atoms with Crippen LogP contribution in [0.2, 0.25) is 0 Å². The summed E-state index contributed by atoms with van der Waals surface area (Å²) >= 11 is 0. The highest BCUT2D eigenvalue weighted by molar-refractivity contribution is 5.25. The van der Waals surface area contributed by atoms with Gasteiger partial charge in [-0.1, -0.05) is 12.1 Å². The number of nitrogens with two attached hydrogens (primary N) is 1. The Morgan fingerprint density at radius 2 is 2.00 bits per heavy atom. The summed E-state index contributed by atoms with van der Waals surface area (Å²) in [5.74, 6) is -0.133. The zero-order chi connectivity index (χ0) is 12.5. The number of fused-ring (bicyclic) bond motifs is 2. The second-order valence-corrected chi connectivity index (χ2v) is 5.28. The molecule has 0 saturated carbocycles. The highest BCUT2D eigenvalue weighted by atomic mass is 19.1. The van der Waals surface area contributed by atoms with Crippen LogP contribution in [0.25, 0.3) is 0 Å². The van der Waals surface area contributed by atoms with Crippen LogP contribution >= 0.6 is 0 Å². The number of morpholine rings is 1. The van der Waals surface area contributed by atoms with E-state index in [1.807, 2.05) is 6.07 Å². The summed E-state index contributed by atoms with van der Waals surface area (Å²) in [7, 11) is 0. The van der Waals surface area contributed by atoms with Gasteiger partial charge in [0.05, 0.1) is 12.2 Å². The fourth-order valence-electron chi connectivity index (χ4n) is 2.95. The molecule has 3 nitrogen and oxygen atoms in total. The van der Waals surface area contributed by atoms with Gasteiger partial charge in [-0.25, -0.2) is 4.39 Å². The van der Waals surface area contributed by atoms with E-state index in [1.54, 1.807) is 6.07 Å². The van der Waals surface area contributed by atoms with Crippen LogP contribution in [0.5, 0.6) is 0 Å². The van der Waals surface area contributed by atoms with Gasteiger partial charge in [0.25, 0.3) is 0 Å². The number of ether oxygens (including phenoxy) is 1. The van der Waals surface area contributed by atoms with Crippen LogP contribution in [0.1, 0.15) is 24.0 Å². The van der Waals surface area contributed by atoms with E-state index in [2.05, 4.69) is 4.90 Å². The third-order valence-corrected chi connectivity index (χ3v) is 3.86. The van der Waals surface area contributed by atoms with Crippen molar-refractivity contribution in [3.05, 3.63) is 35.1 Å². The molecule has 0 amide bonds. The van der Waals surface area contributed by atoms with E-state index in [0.717, 1.165) is 37.1 Å². The van der Waals surface area contributed by atoms with Crippen molar-refractivity contribution in [3.63, 3.8) is 0 Å². The predicted octanol–water partition coefficient (Wildman–Crippen LogP) is 1.65. The summed E-state index contributed by atoms with van der Waals surface area (Å²) in [6.45, 7) is 2.96. The number of hydrogen-bond acceptors (Lipinski definition) is 3. The minimum Gasteiger partial charge on any atom is -0.372 e. The van der Waals surface area contributed by atoms with Crippen molar-refractivity contribution >= 4 is 0 Å². The highest BCUT2D eigenvalue weighted by Gasteiger charge is 2.33. The molecule has 2 aliphatic heterocycles. The number of hydrogen-bond donors (Lipinski definition) is 1. The average molecular weight is 250 g/mol. The molecule has 2 fully saturated rings. The molecule has 2 bridgehead atoms. The van der Waals surface area contributed by atoms with Crippen molar-refractivity contribution in [2.45, 2.75) is 38.1 Å². The normalized spacial score (nSPS) is 27.7. The molecule has 4 heteroatoms. The van der Waals surface area contributed by atoms with Gasteiger partial charge in [-0.3, -0.25) is 4.90 Å². The van der Waals surface area contributed by atoms with Gasteiger partial charge in [0.1, 0.15) is 5.82 Å². The van der Waals surface area contributed by atoms with Crippen LogP contribution in [0, 0.1) is 5.82 Å². The Bertz CT molecular complexity index is 426. The number of nitrogens with zero attached hydrogens (tertiary/aromatic N) is 1. The maximum absolute atomic E-state index is 13.8. The van der Waals surface area contributed by atoms with Crippen molar-refractivity contribution in [1.82, 2.24) is 4.90 Å². The predicted molar refractivity (Wildman–Crippen MR) is 67.5 cm³/mol. The molecule has 2 unspecified atom stereocenters. The number of halogens is 1. The lowest BCUT2D eigenvalue weighted by atomic mass is 10.1. The first-order chi connectivity index (χ1) is 8.74. The molecule has 3 rings (SSSR count). The molecule has 2 N–H and O–H groups in total. The summed E-state index contributed by atoms with van der Waals surface area (Å²) < 4.78 is 19.6. The van der Waals surface area contributed by atoms with Crippen molar-refractivity contribution < 1.29 is 9.13 Å². The monoisotopic (exact) mass is 250 g/mol. The Hall–Kier alpha value is -0.970. The molecule has 1 aromatic carbocycles. The third-order valence-electron chi connectivity index (χ3n) is 3.86. The van der Waals surface area contributed by atoms with Gasteiger partial charge in [0.15, 0.2) is 0 Å². The number of benzene rings is 1. The van der Waals surface area contributed by atoms with E-state index in [9.17, 15) is 4.39 Å². The Morgan fingerprint density at radius 3 is 2.67 bits per heavy atom. The first-order valence-electron chi connectivity index (χ1n) is 6.60. The lowest BCUT2D eigenvalue weighted by Gasteiger charge is -2.32. The number of rotatable bonds is 3. The second kappa shape index (κ2) is 4.96. The van der Waals surface area contributed by atoms with Gasteiger partial charge in [-0.2, -0.15) is 0 Å². The molecule has 0 aliphatic carbocycles. The smallest absolute Gasteiger partial charge is 0.127 e. The van der Waals surface area contributed by atoms with Gasteiger partial charge in [-0.15, -0.1) is 0 Å². The van der Waals surface area contributed by atoms with Crippen molar-refractivity contribution in [1.29, 1.82) is 0 Å². The molecule has 0 spiro atoms. The lowest BCUT2D eigenvalue weighted by Crippen LogP contribution is -2.42. The molecule has 18 heavy (non-hydrogen) atoms. The second-order valence-electron chi connectivity index (χ2n) is 5.28. The zero-order valence-corrected chi connectivity index (χ0v) is 10.4. The number of likely N-dealkylation sites (tertiary alicyclic amines) is 1. The van der Waals surface area contributed by atoms with Crippen LogP contribution < -0.4 is 5.73 Å². The van der Waals surface area contributed by atoms with E-state index in [-0.39, 0.29) is 5.82 Å². The van der Waals surface area contributed by atoms with Crippen LogP contribution in [0.3, 0.4) is 0 Å². The summed E-state index contributed by atoms with van der Waals surface area (Å²) in [4.78, 5) is 2.30. The summed E-state index contributed by atoms with van der Waals surface area (Å²) in [5.41, 5.74) is 7.34. The molecule has 2 aliphatic rings. The fraction of sp³-hybridized carbons (Fsp3) is 0.571. The molecular formula is C14H19FN2O. The van der Waals surface area contributed by atoms with Gasteiger partial charge in [0, 0.05) is 31.7 Å². The summed E-state index contributed by atoms with van der Waals surface area (Å²) in [6, 6.07) is 5.15. The van der Waals surface area contributed by atoms with E-state index in [0.29, 0.717) is 25.3 Å². The lowest BCUT2D eigenvalue weighted by molar-refractivity contribution is -0.0413. The SMILES string of the molecule is NCc1ccc(F)c(CN2CC3CCC(C2)O3)c1. The third kappa shape index (κ3) is 2.41. The van der Waals surface area contributed by atoms with Gasteiger partial charge in [-0.05, 0) is 24.5 Å². The first-order valence-corrected chi connectivity index (χ1v) is 6.60. The topological polar surface area (TPSA) is 38.5 Å². The minimum atomic E-state index is -0.133. The molecule has 2 atom stereocenters. The summed E-state index contributed by atoms with van der Waals surface area (Å²) in [6.07, 6.45) is 2.99. The Labute approximate surface area is 107 Å². The van der Waals surface area contributed by atoms with Crippen LogP contribution in [-0.2, 0) is 17.8 Å². The molecule has 0 aromatic heterocycles. The van der Waals surface area contributed by atoms with Crippen LogP contribution in [-0.4, -0.2) is 30.2 Å². The van der Waals surface area contributed by atoms with E-state index < -0.39 is 0 Å². The molecule has 2 heterocycles. The Kier molecular flexibility index (Phi) is 3.33. The van der Waals surface area contributed by atoms with Crippen LogP contribution in [0.4, 0.5) is 4.39 Å². The van der Waals surface area contributed by atoms with Gasteiger partial charge in [0.2, 0.25) is 0 Å². The van der Waals surface area contributed by atoms with Crippen LogP contribution in [0.15, 0.2) is 18.2 Å². The van der Waals surface area contributed by atoms with Gasteiger partial charge >= 0.3 is 0 Å². The van der Waals surface area contributed by atoms with E-state index in [4.69, 9.17) is 10.5 Å². The van der Waals surface area contributed by atoms with E-state index in [1.165, 1.54) is 6.07 Å². The van der Waals surface area contributed by atoms with E-state index >= 15 is 0 Å². The molecule has 98 valence electrons. The zero-order valence-electron chi connectivity index (χ0n) is 10.4. The van der Waals surface area contributed by atoms with Crippen molar-refractivity contribution in [2.24, 2.45) is 5.73 Å². The molecule has 0 radical (unpaired) electrons. The Balaban J connectivity index is 1.72. The minimum absolute atomic E-state index is 0.133. The maximum Gasteiger partial charge on any atom is 0.127 e. The quantitative estimate of drug-likeness (QED) is 0.886.